The number of hydrogen-bond donors (Lipinski definition) is 1. The van der Waals surface area contributed by atoms with E-state index in [-0.39, 0.29) is 5.91 Å². The van der Waals surface area contributed by atoms with Crippen molar-refractivity contribution in [1.29, 1.82) is 0 Å². The molecular weight excluding hydrogens is 162 g/mol. The van der Waals surface area contributed by atoms with E-state index in [9.17, 15) is 4.79 Å². The molecule has 13 heavy (non-hydrogen) atoms. The molecule has 0 saturated carbocycles. The van der Waals surface area contributed by atoms with Gasteiger partial charge in [-0.1, -0.05) is 46.0 Å². The largest absolute Gasteiger partial charge is 0.356 e. The molecule has 0 atom stereocenters. The van der Waals surface area contributed by atoms with Crippen molar-refractivity contribution in [1.82, 2.24) is 5.32 Å². The van der Waals surface area contributed by atoms with Gasteiger partial charge in [-0.3, -0.25) is 4.79 Å². The highest BCUT2D eigenvalue weighted by molar-refractivity contribution is 5.75. The topological polar surface area (TPSA) is 29.1 Å². The molecule has 0 heterocycles. The Balaban J connectivity index is 2.95. The van der Waals surface area contributed by atoms with Crippen molar-refractivity contribution in [3.05, 3.63) is 0 Å². The smallest absolute Gasteiger partial charge is 0.219 e. The third kappa shape index (κ3) is 9.38. The fourth-order valence-corrected chi connectivity index (χ4v) is 1.26. The van der Waals surface area contributed by atoms with Crippen LogP contribution >= 0.6 is 0 Å². The van der Waals surface area contributed by atoms with Gasteiger partial charge in [-0.25, -0.2) is 0 Å². The maximum atomic E-state index is 10.8. The number of carbonyl (C=O) groups excluding carboxylic acids is 1. The Kier molecular flexibility index (Phi) is 9.17. The van der Waals surface area contributed by atoms with Crippen molar-refractivity contribution < 1.29 is 4.79 Å². The summed E-state index contributed by atoms with van der Waals surface area (Å²) in [6.45, 7) is 4.97. The lowest BCUT2D eigenvalue weighted by Gasteiger charge is -2.02. The summed E-state index contributed by atoms with van der Waals surface area (Å²) in [5.41, 5.74) is 0. The molecule has 0 radical (unpaired) electrons. The first-order chi connectivity index (χ1) is 6.31. The summed E-state index contributed by atoms with van der Waals surface area (Å²) in [4.78, 5) is 10.8. The molecule has 0 aromatic rings. The number of carbonyl (C=O) groups is 1. The zero-order chi connectivity index (χ0) is 9.94. The van der Waals surface area contributed by atoms with E-state index < -0.39 is 0 Å². The van der Waals surface area contributed by atoms with Crippen LogP contribution in [0.25, 0.3) is 0 Å². The zero-order valence-electron chi connectivity index (χ0n) is 9.07. The molecule has 0 spiro atoms. The average molecular weight is 185 g/mol. The second-order valence-electron chi connectivity index (χ2n) is 3.47. The third-order valence-corrected chi connectivity index (χ3v) is 2.17. The molecule has 0 fully saturated rings. The van der Waals surface area contributed by atoms with Crippen molar-refractivity contribution in [2.24, 2.45) is 0 Å². The van der Waals surface area contributed by atoms with Crippen molar-refractivity contribution >= 4 is 5.91 Å². The lowest BCUT2D eigenvalue weighted by Crippen LogP contribution is -2.23. The van der Waals surface area contributed by atoms with Gasteiger partial charge < -0.3 is 5.32 Å². The fraction of sp³-hybridized carbons (Fsp3) is 0.909. The van der Waals surface area contributed by atoms with Crippen LogP contribution in [-0.2, 0) is 4.79 Å². The van der Waals surface area contributed by atoms with Crippen LogP contribution < -0.4 is 5.32 Å². The molecule has 0 saturated heterocycles. The zero-order valence-corrected chi connectivity index (χ0v) is 9.07. The molecule has 78 valence electrons. The van der Waals surface area contributed by atoms with E-state index in [1.54, 1.807) is 0 Å². The van der Waals surface area contributed by atoms with Gasteiger partial charge in [0.2, 0.25) is 5.91 Å². The minimum atomic E-state index is 0.175. The molecule has 0 rings (SSSR count). The molecule has 2 nitrogen and oxygen atoms in total. The van der Waals surface area contributed by atoms with E-state index in [2.05, 4.69) is 12.2 Å². The van der Waals surface area contributed by atoms with Crippen molar-refractivity contribution in [3.8, 4) is 0 Å². The van der Waals surface area contributed by atoms with E-state index in [1.165, 1.54) is 32.1 Å². The summed E-state index contributed by atoms with van der Waals surface area (Å²) in [6, 6.07) is 0. The van der Waals surface area contributed by atoms with Crippen LogP contribution in [0.2, 0.25) is 0 Å². The van der Waals surface area contributed by atoms with Crippen LogP contribution in [0, 0.1) is 0 Å². The Hall–Kier alpha value is -0.530. The van der Waals surface area contributed by atoms with Crippen LogP contribution in [0.1, 0.15) is 58.8 Å². The molecule has 0 aromatic carbocycles. The predicted octanol–water partition coefficient (Wildman–Crippen LogP) is 2.87. The van der Waals surface area contributed by atoms with Gasteiger partial charge in [-0.15, -0.1) is 0 Å². The highest BCUT2D eigenvalue weighted by atomic mass is 16.1. The number of nitrogens with one attached hydrogen (secondary N) is 1. The number of amides is 1. The van der Waals surface area contributed by atoms with Crippen LogP contribution in [0.3, 0.4) is 0 Å². The minimum Gasteiger partial charge on any atom is -0.356 e. The molecule has 0 aliphatic carbocycles. The maximum absolute atomic E-state index is 10.8. The lowest BCUT2D eigenvalue weighted by atomic mass is 10.1. The Morgan fingerprint density at radius 2 is 1.62 bits per heavy atom. The molecule has 0 aliphatic heterocycles. The van der Waals surface area contributed by atoms with E-state index in [4.69, 9.17) is 0 Å². The summed E-state index contributed by atoms with van der Waals surface area (Å²) in [7, 11) is 0. The Morgan fingerprint density at radius 1 is 1.00 bits per heavy atom. The average Bonchev–Trinajstić information content (AvgIpc) is 2.16. The molecule has 0 aromatic heterocycles. The van der Waals surface area contributed by atoms with Gasteiger partial charge in [0.25, 0.3) is 0 Å². The second kappa shape index (κ2) is 9.56. The van der Waals surface area contributed by atoms with Crippen molar-refractivity contribution in [2.45, 2.75) is 58.8 Å². The van der Waals surface area contributed by atoms with Gasteiger partial charge in [-0.2, -0.15) is 0 Å². The minimum absolute atomic E-state index is 0.175. The first kappa shape index (κ1) is 12.5. The quantitative estimate of drug-likeness (QED) is 0.579. The molecule has 0 aliphatic rings. The van der Waals surface area contributed by atoms with Crippen LogP contribution in [0.15, 0.2) is 0 Å². The Bertz CT molecular complexity index is 123. The van der Waals surface area contributed by atoms with E-state index in [0.717, 1.165) is 13.0 Å². The summed E-state index contributed by atoms with van der Waals surface area (Å²) < 4.78 is 0. The van der Waals surface area contributed by atoms with Crippen LogP contribution in [-0.4, -0.2) is 12.5 Å². The summed E-state index contributed by atoms with van der Waals surface area (Å²) in [5.74, 6) is 0.175. The van der Waals surface area contributed by atoms with E-state index in [0.29, 0.717) is 6.42 Å². The number of unbranched alkanes of at least 4 members (excludes halogenated alkanes) is 5. The van der Waals surface area contributed by atoms with Gasteiger partial charge >= 0.3 is 0 Å². The third-order valence-electron chi connectivity index (χ3n) is 2.17. The molecule has 0 bridgehead atoms. The molecule has 2 heteroatoms. The number of hydrogen-bond acceptors (Lipinski definition) is 1. The van der Waals surface area contributed by atoms with Gasteiger partial charge in [0.1, 0.15) is 0 Å². The summed E-state index contributed by atoms with van der Waals surface area (Å²) >= 11 is 0. The SMILES string of the molecule is CCCCCCCCNC(=O)CC. The predicted molar refractivity (Wildman–Crippen MR) is 56.7 cm³/mol. The maximum Gasteiger partial charge on any atom is 0.219 e. The van der Waals surface area contributed by atoms with Gasteiger partial charge in [0.05, 0.1) is 0 Å². The lowest BCUT2D eigenvalue weighted by molar-refractivity contribution is -0.120. The highest BCUT2D eigenvalue weighted by Gasteiger charge is 1.94. The fourth-order valence-electron chi connectivity index (χ4n) is 1.26. The van der Waals surface area contributed by atoms with E-state index >= 15 is 0 Å². The van der Waals surface area contributed by atoms with Gasteiger partial charge in [0.15, 0.2) is 0 Å². The molecule has 0 unspecified atom stereocenters. The van der Waals surface area contributed by atoms with Crippen LogP contribution in [0.5, 0.6) is 0 Å². The number of rotatable bonds is 8. The van der Waals surface area contributed by atoms with E-state index in [1.807, 2.05) is 6.92 Å². The Labute approximate surface area is 82.1 Å². The summed E-state index contributed by atoms with van der Waals surface area (Å²) in [6.07, 6.45) is 8.30. The second-order valence-corrected chi connectivity index (χ2v) is 3.47. The van der Waals surface area contributed by atoms with Crippen LogP contribution in [0.4, 0.5) is 0 Å². The standard InChI is InChI=1S/C11H23NO/c1-3-5-6-7-8-9-10-12-11(13)4-2/h3-10H2,1-2H3,(H,12,13). The van der Waals surface area contributed by atoms with Gasteiger partial charge in [0, 0.05) is 13.0 Å². The Morgan fingerprint density at radius 3 is 2.23 bits per heavy atom. The van der Waals surface area contributed by atoms with Crippen molar-refractivity contribution in [3.63, 3.8) is 0 Å². The molecule has 1 N–H and O–H groups in total. The highest BCUT2D eigenvalue weighted by Crippen LogP contribution is 2.03. The first-order valence-corrected chi connectivity index (χ1v) is 5.58. The molecule has 1 amide bonds. The normalized spacial score (nSPS) is 10.0. The van der Waals surface area contributed by atoms with Crippen molar-refractivity contribution in [2.75, 3.05) is 6.54 Å². The first-order valence-electron chi connectivity index (χ1n) is 5.58. The summed E-state index contributed by atoms with van der Waals surface area (Å²) in [5, 5.41) is 2.88. The van der Waals surface area contributed by atoms with Gasteiger partial charge in [-0.05, 0) is 6.42 Å². The monoisotopic (exact) mass is 185 g/mol. The molecular formula is C11H23NO.